The Kier molecular flexibility index (Phi) is 4.36. The summed E-state index contributed by atoms with van der Waals surface area (Å²) >= 11 is 1.48. The number of nitrogens with zero attached hydrogens (tertiary/aromatic N) is 2. The number of hydrogen-bond acceptors (Lipinski definition) is 5. The number of halogens is 3. The van der Waals surface area contributed by atoms with Crippen LogP contribution in [-0.4, -0.2) is 37.2 Å². The minimum absolute atomic E-state index is 0.179. The van der Waals surface area contributed by atoms with Crippen LogP contribution in [0.15, 0.2) is 24.3 Å². The molecule has 4 rings (SSSR count). The van der Waals surface area contributed by atoms with Crippen molar-refractivity contribution in [1.29, 1.82) is 0 Å². The van der Waals surface area contributed by atoms with E-state index in [1.54, 1.807) is 0 Å². The summed E-state index contributed by atoms with van der Waals surface area (Å²) < 4.78 is 43.7. The zero-order chi connectivity index (χ0) is 18.3. The number of amides is 1. The normalized spacial score (nSPS) is 20.7. The molecule has 1 aromatic carbocycles. The fourth-order valence-electron chi connectivity index (χ4n) is 3.17. The fraction of sp³-hybridized carbons (Fsp3) is 0.412. The molecule has 26 heavy (non-hydrogen) atoms. The lowest BCUT2D eigenvalue weighted by Crippen LogP contribution is -2.36. The van der Waals surface area contributed by atoms with Crippen molar-refractivity contribution in [1.82, 2.24) is 4.98 Å². The first-order chi connectivity index (χ1) is 12.4. The molecule has 1 N–H and O–H groups in total. The highest BCUT2D eigenvalue weighted by Gasteiger charge is 2.33. The van der Waals surface area contributed by atoms with Gasteiger partial charge >= 0.3 is 6.18 Å². The molecule has 9 heteroatoms. The van der Waals surface area contributed by atoms with Gasteiger partial charge in [0.05, 0.1) is 23.7 Å². The maximum Gasteiger partial charge on any atom is 0.416 e. The zero-order valence-corrected chi connectivity index (χ0v) is 14.5. The second-order valence-electron chi connectivity index (χ2n) is 6.23. The van der Waals surface area contributed by atoms with Gasteiger partial charge in [0.25, 0.3) is 0 Å². The molecule has 2 aromatic rings. The van der Waals surface area contributed by atoms with E-state index in [1.165, 1.54) is 23.5 Å². The number of alkyl halides is 3. The maximum absolute atomic E-state index is 12.8. The number of aromatic nitrogens is 1. The van der Waals surface area contributed by atoms with Gasteiger partial charge in [-0.25, -0.2) is 4.98 Å². The molecule has 0 aliphatic carbocycles. The van der Waals surface area contributed by atoms with Crippen LogP contribution in [0.5, 0.6) is 0 Å². The van der Waals surface area contributed by atoms with Gasteiger partial charge in [-0.3, -0.25) is 4.79 Å². The smallest absolute Gasteiger partial charge is 0.378 e. The molecule has 1 atom stereocenters. The summed E-state index contributed by atoms with van der Waals surface area (Å²) in [6.45, 7) is 2.70. The van der Waals surface area contributed by atoms with Crippen molar-refractivity contribution in [3.8, 4) is 0 Å². The summed E-state index contributed by atoms with van der Waals surface area (Å²) in [6.07, 6.45) is -4.18. The van der Waals surface area contributed by atoms with Crippen LogP contribution in [0.3, 0.4) is 0 Å². The van der Waals surface area contributed by atoms with Gasteiger partial charge < -0.3 is 15.0 Å². The van der Waals surface area contributed by atoms with Crippen LogP contribution in [0, 0.1) is 0 Å². The molecular weight excluding hydrogens is 367 g/mol. The Labute approximate surface area is 151 Å². The molecule has 1 amide bonds. The number of hydrogen-bond donors (Lipinski definition) is 1. The molecule has 3 heterocycles. The Bertz CT molecular complexity index is 814. The van der Waals surface area contributed by atoms with E-state index in [1.807, 2.05) is 0 Å². The third-order valence-corrected chi connectivity index (χ3v) is 5.76. The van der Waals surface area contributed by atoms with E-state index in [0.717, 1.165) is 35.2 Å². The van der Waals surface area contributed by atoms with Gasteiger partial charge in [-0.15, -0.1) is 0 Å². The number of morpholine rings is 1. The highest BCUT2D eigenvalue weighted by Crippen LogP contribution is 2.43. The van der Waals surface area contributed by atoms with Gasteiger partial charge in [-0.2, -0.15) is 13.2 Å². The Hall–Kier alpha value is -2.13. The average molecular weight is 383 g/mol. The van der Waals surface area contributed by atoms with Gasteiger partial charge in [-0.1, -0.05) is 23.5 Å². The largest absolute Gasteiger partial charge is 0.416 e. The molecular formula is C17H16F3N3O2S. The predicted molar refractivity (Wildman–Crippen MR) is 91.7 cm³/mol. The van der Waals surface area contributed by atoms with Crippen LogP contribution < -0.4 is 10.2 Å². The lowest BCUT2D eigenvalue weighted by Gasteiger charge is -2.26. The van der Waals surface area contributed by atoms with E-state index in [-0.39, 0.29) is 18.2 Å². The third kappa shape index (κ3) is 3.28. The Morgan fingerprint density at radius 3 is 2.54 bits per heavy atom. The molecule has 0 spiro atoms. The van der Waals surface area contributed by atoms with Gasteiger partial charge in [0.2, 0.25) is 5.91 Å². The molecule has 5 nitrogen and oxygen atoms in total. The number of thiazole rings is 1. The van der Waals surface area contributed by atoms with E-state index in [2.05, 4.69) is 15.2 Å². The van der Waals surface area contributed by atoms with Gasteiger partial charge in [0.1, 0.15) is 5.82 Å². The summed E-state index contributed by atoms with van der Waals surface area (Å²) in [5, 5.41) is 3.58. The highest BCUT2D eigenvalue weighted by atomic mass is 32.1. The quantitative estimate of drug-likeness (QED) is 0.863. The summed E-state index contributed by atoms with van der Waals surface area (Å²) in [5.41, 5.74) is -0.00803. The van der Waals surface area contributed by atoms with Crippen molar-refractivity contribution in [3.05, 3.63) is 40.3 Å². The summed E-state index contributed by atoms with van der Waals surface area (Å²) in [7, 11) is 0. The number of ether oxygens (including phenoxy) is 1. The number of carbonyl (C=O) groups excluding carboxylic acids is 1. The van der Waals surface area contributed by atoms with Crippen molar-refractivity contribution in [3.63, 3.8) is 0 Å². The first-order valence-corrected chi connectivity index (χ1v) is 9.04. The number of rotatable bonds is 2. The van der Waals surface area contributed by atoms with E-state index in [0.29, 0.717) is 24.6 Å². The highest BCUT2D eigenvalue weighted by molar-refractivity contribution is 7.16. The SMILES string of the molecule is O=C1C[C@H](c2ccc(C(F)(F)F)cc2)c2sc(N3CCOCC3)nc2N1. The van der Waals surface area contributed by atoms with Crippen LogP contribution in [0.1, 0.15) is 28.3 Å². The van der Waals surface area contributed by atoms with E-state index < -0.39 is 11.7 Å². The van der Waals surface area contributed by atoms with Crippen molar-refractivity contribution < 1.29 is 22.7 Å². The Morgan fingerprint density at radius 1 is 1.19 bits per heavy atom. The molecule has 2 aliphatic rings. The van der Waals surface area contributed by atoms with Gasteiger partial charge in [-0.05, 0) is 17.7 Å². The van der Waals surface area contributed by atoms with Crippen LogP contribution in [-0.2, 0) is 15.7 Å². The summed E-state index contributed by atoms with van der Waals surface area (Å²) in [5.74, 6) is 0.0483. The molecule has 0 bridgehead atoms. The lowest BCUT2D eigenvalue weighted by atomic mass is 9.91. The number of benzene rings is 1. The molecule has 0 radical (unpaired) electrons. The third-order valence-electron chi connectivity index (χ3n) is 4.53. The van der Waals surface area contributed by atoms with Crippen molar-refractivity contribution in [2.24, 2.45) is 0 Å². The monoisotopic (exact) mass is 383 g/mol. The second-order valence-corrected chi connectivity index (χ2v) is 7.24. The molecule has 138 valence electrons. The number of anilines is 2. The van der Waals surface area contributed by atoms with E-state index in [9.17, 15) is 18.0 Å². The van der Waals surface area contributed by atoms with Gasteiger partial charge in [0.15, 0.2) is 5.13 Å². The van der Waals surface area contributed by atoms with E-state index >= 15 is 0 Å². The fourth-order valence-corrected chi connectivity index (χ4v) is 4.37. The van der Waals surface area contributed by atoms with Crippen LogP contribution >= 0.6 is 11.3 Å². The van der Waals surface area contributed by atoms with E-state index in [4.69, 9.17) is 4.74 Å². The Balaban J connectivity index is 1.66. The summed E-state index contributed by atoms with van der Waals surface area (Å²) in [4.78, 5) is 19.6. The lowest BCUT2D eigenvalue weighted by molar-refractivity contribution is -0.137. The van der Waals surface area contributed by atoms with Crippen molar-refractivity contribution in [2.75, 3.05) is 36.5 Å². The minimum Gasteiger partial charge on any atom is -0.378 e. The van der Waals surface area contributed by atoms with Crippen molar-refractivity contribution >= 4 is 28.2 Å². The average Bonchev–Trinajstić information content (AvgIpc) is 3.05. The standard InChI is InChI=1S/C17H16F3N3O2S/c18-17(19,20)11-3-1-10(2-4-11)12-9-13(24)21-15-14(12)26-16(22-15)23-5-7-25-8-6-23/h1-4,12H,5-9H2,(H,21,24)/t12-/m1/s1. The topological polar surface area (TPSA) is 54.5 Å². The first-order valence-electron chi connectivity index (χ1n) is 8.22. The number of nitrogens with one attached hydrogen (secondary N) is 1. The van der Waals surface area contributed by atoms with Gasteiger partial charge in [0, 0.05) is 25.4 Å². The maximum atomic E-state index is 12.8. The molecule has 0 unspecified atom stereocenters. The zero-order valence-electron chi connectivity index (χ0n) is 13.7. The van der Waals surface area contributed by atoms with Crippen LogP contribution in [0.25, 0.3) is 0 Å². The molecule has 0 saturated carbocycles. The Morgan fingerprint density at radius 2 is 1.88 bits per heavy atom. The summed E-state index contributed by atoms with van der Waals surface area (Å²) in [6, 6.07) is 5.02. The molecule has 1 fully saturated rings. The second kappa shape index (κ2) is 6.55. The van der Waals surface area contributed by atoms with Crippen LogP contribution in [0.2, 0.25) is 0 Å². The van der Waals surface area contributed by atoms with Crippen LogP contribution in [0.4, 0.5) is 24.1 Å². The molecule has 2 aliphatic heterocycles. The minimum atomic E-state index is -4.37. The number of fused-ring (bicyclic) bond motifs is 1. The molecule has 1 aromatic heterocycles. The first kappa shape index (κ1) is 17.3. The van der Waals surface area contributed by atoms with Crippen molar-refractivity contribution in [2.45, 2.75) is 18.5 Å². The molecule has 1 saturated heterocycles. The predicted octanol–water partition coefficient (Wildman–Crippen LogP) is 3.47. The number of carbonyl (C=O) groups is 1.